The number of nitrogens with two attached hydrogens (primary N) is 1. The minimum Gasteiger partial charge on any atom is -0.379 e. The fourth-order valence-corrected chi connectivity index (χ4v) is 1.40. The lowest BCUT2D eigenvalue weighted by molar-refractivity contribution is -0.126. The largest absolute Gasteiger partial charge is 0.379 e. The Labute approximate surface area is 109 Å². The van der Waals surface area contributed by atoms with Gasteiger partial charge in [-0.15, -0.1) is 12.4 Å². The number of rotatable bonds is 9. The summed E-state index contributed by atoms with van der Waals surface area (Å²) in [6, 6.07) is 0.104. The molecule has 17 heavy (non-hydrogen) atoms. The average molecular weight is 267 g/mol. The summed E-state index contributed by atoms with van der Waals surface area (Å²) in [4.78, 5) is 11.3. The van der Waals surface area contributed by atoms with Crippen molar-refractivity contribution in [2.24, 2.45) is 11.7 Å². The Balaban J connectivity index is 0.00000256. The van der Waals surface area contributed by atoms with Gasteiger partial charge in [0, 0.05) is 19.2 Å². The predicted octanol–water partition coefficient (Wildman–Crippen LogP) is 0.315. The number of carbonyl (C=O) groups is 1. The highest BCUT2D eigenvalue weighted by molar-refractivity contribution is 5.85. The van der Waals surface area contributed by atoms with E-state index in [9.17, 15) is 4.79 Å². The van der Waals surface area contributed by atoms with Crippen molar-refractivity contribution in [3.8, 4) is 0 Å². The van der Waals surface area contributed by atoms with Crippen molar-refractivity contribution in [3.63, 3.8) is 0 Å². The van der Waals surface area contributed by atoms with Crippen LogP contribution in [0.1, 0.15) is 19.8 Å². The maximum absolute atomic E-state index is 11.3. The molecule has 1 aliphatic carbocycles. The molecule has 1 atom stereocenters. The molecule has 0 bridgehead atoms. The topological polar surface area (TPSA) is 73.6 Å². The van der Waals surface area contributed by atoms with E-state index in [0.717, 1.165) is 0 Å². The molecule has 102 valence electrons. The maximum Gasteiger partial charge on any atom is 0.246 e. The average Bonchev–Trinajstić information content (AvgIpc) is 3.09. The van der Waals surface area contributed by atoms with E-state index in [-0.39, 0.29) is 31.0 Å². The Morgan fingerprint density at radius 1 is 1.41 bits per heavy atom. The molecule has 1 fully saturated rings. The highest BCUT2D eigenvalue weighted by Gasteiger charge is 2.28. The van der Waals surface area contributed by atoms with Crippen LogP contribution >= 0.6 is 12.4 Å². The molecule has 0 aromatic heterocycles. The summed E-state index contributed by atoms with van der Waals surface area (Å²) < 4.78 is 10.2. The summed E-state index contributed by atoms with van der Waals surface area (Å²) in [5, 5.41) is 2.76. The first kappa shape index (κ1) is 16.6. The van der Waals surface area contributed by atoms with Gasteiger partial charge in [-0.25, -0.2) is 0 Å². The van der Waals surface area contributed by atoms with Crippen LogP contribution in [0.3, 0.4) is 0 Å². The fourth-order valence-electron chi connectivity index (χ4n) is 1.40. The number of hydrogen-bond acceptors (Lipinski definition) is 4. The summed E-state index contributed by atoms with van der Waals surface area (Å²) in [7, 11) is 0. The summed E-state index contributed by atoms with van der Waals surface area (Å²) in [6.45, 7) is 4.22. The van der Waals surface area contributed by atoms with E-state index in [1.165, 1.54) is 12.8 Å². The number of nitrogens with one attached hydrogen (secondary N) is 1. The van der Waals surface area contributed by atoms with Gasteiger partial charge in [0.15, 0.2) is 0 Å². The Morgan fingerprint density at radius 3 is 2.65 bits per heavy atom. The van der Waals surface area contributed by atoms with E-state index in [2.05, 4.69) is 5.32 Å². The van der Waals surface area contributed by atoms with E-state index in [0.29, 0.717) is 32.3 Å². The number of hydrogen-bond donors (Lipinski definition) is 2. The summed E-state index contributed by atoms with van der Waals surface area (Å²) in [5.74, 6) is 0.506. The molecule has 6 heteroatoms. The standard InChI is InChI=1S/C11H22N2O3.ClH/c1-2-15-5-6-16-8-11(14)13-7-10(12)9-3-4-9;/h9-10H,2-8,12H2,1H3,(H,13,14);1H. The quantitative estimate of drug-likeness (QED) is 0.590. The van der Waals surface area contributed by atoms with Crippen LogP contribution < -0.4 is 11.1 Å². The van der Waals surface area contributed by atoms with E-state index < -0.39 is 0 Å². The Hall–Kier alpha value is -0.360. The van der Waals surface area contributed by atoms with Gasteiger partial charge in [-0.3, -0.25) is 4.79 Å². The molecule has 0 aromatic rings. The molecule has 1 unspecified atom stereocenters. The summed E-state index contributed by atoms with van der Waals surface area (Å²) >= 11 is 0. The van der Waals surface area contributed by atoms with E-state index in [4.69, 9.17) is 15.2 Å². The lowest BCUT2D eigenvalue weighted by Gasteiger charge is -2.11. The first-order chi connectivity index (χ1) is 7.74. The molecular formula is C11H23ClN2O3. The zero-order valence-electron chi connectivity index (χ0n) is 10.3. The van der Waals surface area contributed by atoms with E-state index in [1.54, 1.807) is 0 Å². The second-order valence-electron chi connectivity index (χ2n) is 4.05. The van der Waals surface area contributed by atoms with Crippen molar-refractivity contribution in [2.45, 2.75) is 25.8 Å². The van der Waals surface area contributed by atoms with Gasteiger partial charge in [0.05, 0.1) is 13.2 Å². The molecule has 3 N–H and O–H groups in total. The smallest absolute Gasteiger partial charge is 0.246 e. The third-order valence-corrected chi connectivity index (χ3v) is 2.57. The van der Waals surface area contributed by atoms with Crippen LogP contribution in [0.15, 0.2) is 0 Å². The summed E-state index contributed by atoms with van der Waals surface area (Å²) in [6.07, 6.45) is 2.39. The number of carbonyl (C=O) groups excluding carboxylic acids is 1. The molecule has 5 nitrogen and oxygen atoms in total. The van der Waals surface area contributed by atoms with Crippen molar-refractivity contribution in [1.82, 2.24) is 5.32 Å². The normalized spacial score (nSPS) is 16.1. The van der Waals surface area contributed by atoms with Crippen LogP contribution in [0.5, 0.6) is 0 Å². The first-order valence-electron chi connectivity index (χ1n) is 5.91. The third-order valence-electron chi connectivity index (χ3n) is 2.57. The van der Waals surface area contributed by atoms with Crippen LogP contribution in [-0.4, -0.2) is 44.9 Å². The molecule has 1 aliphatic rings. The van der Waals surface area contributed by atoms with Crippen molar-refractivity contribution in [1.29, 1.82) is 0 Å². The van der Waals surface area contributed by atoms with E-state index >= 15 is 0 Å². The van der Waals surface area contributed by atoms with Crippen LogP contribution in [0.2, 0.25) is 0 Å². The molecule has 1 amide bonds. The monoisotopic (exact) mass is 266 g/mol. The molecule has 0 saturated heterocycles. The van der Waals surface area contributed by atoms with Gasteiger partial charge in [-0.2, -0.15) is 0 Å². The maximum atomic E-state index is 11.3. The zero-order valence-corrected chi connectivity index (χ0v) is 11.1. The van der Waals surface area contributed by atoms with Crippen molar-refractivity contribution >= 4 is 18.3 Å². The van der Waals surface area contributed by atoms with Crippen molar-refractivity contribution in [3.05, 3.63) is 0 Å². The van der Waals surface area contributed by atoms with Crippen LogP contribution in [0.25, 0.3) is 0 Å². The lowest BCUT2D eigenvalue weighted by atomic mass is 10.2. The van der Waals surface area contributed by atoms with Gasteiger partial charge in [0.25, 0.3) is 0 Å². The molecule has 0 radical (unpaired) electrons. The Morgan fingerprint density at radius 2 is 2.06 bits per heavy atom. The first-order valence-corrected chi connectivity index (χ1v) is 5.91. The predicted molar refractivity (Wildman–Crippen MR) is 68.3 cm³/mol. The third kappa shape index (κ3) is 8.37. The molecule has 0 heterocycles. The number of ether oxygens (including phenoxy) is 2. The summed E-state index contributed by atoms with van der Waals surface area (Å²) in [5.41, 5.74) is 5.85. The molecule has 1 rings (SSSR count). The van der Waals surface area contributed by atoms with Gasteiger partial charge >= 0.3 is 0 Å². The molecule has 1 saturated carbocycles. The highest BCUT2D eigenvalue weighted by Crippen LogP contribution is 2.31. The van der Waals surface area contributed by atoms with Gasteiger partial charge in [-0.1, -0.05) is 0 Å². The minimum atomic E-state index is -0.104. The molecule has 0 aromatic carbocycles. The van der Waals surface area contributed by atoms with Crippen LogP contribution in [0, 0.1) is 5.92 Å². The molecular weight excluding hydrogens is 244 g/mol. The van der Waals surface area contributed by atoms with Crippen LogP contribution in [-0.2, 0) is 14.3 Å². The molecule has 0 aliphatic heterocycles. The minimum absolute atomic E-state index is 0. The number of halogens is 1. The highest BCUT2D eigenvalue weighted by atomic mass is 35.5. The van der Waals surface area contributed by atoms with Gasteiger partial charge in [-0.05, 0) is 25.7 Å². The second-order valence-corrected chi connectivity index (χ2v) is 4.05. The van der Waals surface area contributed by atoms with Gasteiger partial charge in [0.1, 0.15) is 6.61 Å². The molecule has 0 spiro atoms. The lowest BCUT2D eigenvalue weighted by Crippen LogP contribution is -2.40. The SMILES string of the molecule is CCOCCOCC(=O)NCC(N)C1CC1.Cl. The van der Waals surface area contributed by atoms with Crippen LogP contribution in [0.4, 0.5) is 0 Å². The van der Waals surface area contributed by atoms with Crippen molar-refractivity contribution < 1.29 is 14.3 Å². The number of amides is 1. The Kier molecular flexibility index (Phi) is 9.44. The second kappa shape index (κ2) is 9.65. The van der Waals surface area contributed by atoms with Crippen molar-refractivity contribution in [2.75, 3.05) is 33.0 Å². The van der Waals surface area contributed by atoms with Gasteiger partial charge < -0.3 is 20.5 Å². The zero-order chi connectivity index (χ0) is 11.8. The fraction of sp³-hybridized carbons (Fsp3) is 0.909. The Bertz CT molecular complexity index is 213. The van der Waals surface area contributed by atoms with Gasteiger partial charge in [0.2, 0.25) is 5.91 Å². The van der Waals surface area contributed by atoms with E-state index in [1.807, 2.05) is 6.92 Å².